The van der Waals surface area contributed by atoms with Gasteiger partial charge in [-0.1, -0.05) is 12.2 Å². The van der Waals surface area contributed by atoms with Gasteiger partial charge in [-0.2, -0.15) is 0 Å². The molecule has 1 saturated carbocycles. The summed E-state index contributed by atoms with van der Waals surface area (Å²) in [4.78, 5) is 22.5. The number of hydrogen-bond acceptors (Lipinski definition) is 2. The van der Waals surface area contributed by atoms with Crippen molar-refractivity contribution in [1.82, 2.24) is 5.32 Å². The number of aliphatic carboxylic acids is 1. The molecule has 17 heavy (non-hydrogen) atoms. The number of hydrogen-bond donors (Lipinski definition) is 2. The molecule has 0 saturated heterocycles. The van der Waals surface area contributed by atoms with Gasteiger partial charge in [-0.3, -0.25) is 9.59 Å². The van der Waals surface area contributed by atoms with Gasteiger partial charge in [0.2, 0.25) is 5.91 Å². The maximum atomic E-state index is 11.8. The minimum Gasteiger partial charge on any atom is -0.481 e. The van der Waals surface area contributed by atoms with Gasteiger partial charge in [0, 0.05) is 12.5 Å². The average molecular weight is 239 g/mol. The molecule has 0 aromatic heterocycles. The van der Waals surface area contributed by atoms with E-state index in [1.54, 1.807) is 0 Å². The number of nitrogens with one attached hydrogen (secondary N) is 1. The van der Waals surface area contributed by atoms with Crippen LogP contribution in [0.5, 0.6) is 0 Å². The van der Waals surface area contributed by atoms with Gasteiger partial charge in [0.05, 0.1) is 5.92 Å². The van der Waals surface area contributed by atoms with E-state index < -0.39 is 5.97 Å². The van der Waals surface area contributed by atoms with Crippen molar-refractivity contribution in [3.8, 4) is 0 Å². The van der Waals surface area contributed by atoms with Crippen molar-refractivity contribution in [2.45, 2.75) is 39.0 Å². The summed E-state index contributed by atoms with van der Waals surface area (Å²) in [6.45, 7) is 2.62. The lowest BCUT2D eigenvalue weighted by atomic mass is 9.81. The Hall–Kier alpha value is -1.32. The van der Waals surface area contributed by atoms with Gasteiger partial charge < -0.3 is 10.4 Å². The summed E-state index contributed by atoms with van der Waals surface area (Å²) in [6.07, 6.45) is 7.49. The molecule has 0 aliphatic heterocycles. The average Bonchev–Trinajstić information content (AvgIpc) is 2.34. The number of carboxylic acid groups (broad SMARTS) is 1. The van der Waals surface area contributed by atoms with Gasteiger partial charge in [0.25, 0.3) is 0 Å². The first-order valence-electron chi connectivity index (χ1n) is 6.26. The Morgan fingerprint density at radius 2 is 1.82 bits per heavy atom. The van der Waals surface area contributed by atoms with Gasteiger partial charge in [0.1, 0.15) is 0 Å². The van der Waals surface area contributed by atoms with E-state index >= 15 is 0 Å². The Labute approximate surface area is 102 Å². The van der Waals surface area contributed by atoms with Crippen molar-refractivity contribution < 1.29 is 14.7 Å². The zero-order valence-corrected chi connectivity index (χ0v) is 10.3. The van der Waals surface area contributed by atoms with E-state index in [9.17, 15) is 9.59 Å². The lowest BCUT2D eigenvalue weighted by Gasteiger charge is -2.25. The van der Waals surface area contributed by atoms with Crippen LogP contribution >= 0.6 is 0 Å². The maximum absolute atomic E-state index is 11.8. The molecule has 0 radical (unpaired) electrons. The van der Waals surface area contributed by atoms with E-state index in [0.717, 1.165) is 6.42 Å². The van der Waals surface area contributed by atoms with Crippen LogP contribution in [0.15, 0.2) is 12.2 Å². The normalized spacial score (nSPS) is 24.8. The van der Waals surface area contributed by atoms with Crippen molar-refractivity contribution in [2.75, 3.05) is 6.54 Å². The third kappa shape index (κ3) is 4.59. The highest BCUT2D eigenvalue weighted by Crippen LogP contribution is 2.28. The summed E-state index contributed by atoms with van der Waals surface area (Å²) < 4.78 is 0. The van der Waals surface area contributed by atoms with Crippen LogP contribution in [-0.2, 0) is 9.59 Å². The third-order valence-corrected chi connectivity index (χ3v) is 3.29. The highest BCUT2D eigenvalue weighted by atomic mass is 16.4. The van der Waals surface area contributed by atoms with Crippen LogP contribution in [0.2, 0.25) is 0 Å². The summed E-state index contributed by atoms with van der Waals surface area (Å²) in [5, 5.41) is 11.7. The predicted octanol–water partition coefficient (Wildman–Crippen LogP) is 1.96. The number of carbonyl (C=O) groups is 2. The first-order chi connectivity index (χ1) is 8.15. The predicted molar refractivity (Wildman–Crippen MR) is 65.5 cm³/mol. The zero-order valence-electron chi connectivity index (χ0n) is 10.3. The number of amides is 1. The van der Waals surface area contributed by atoms with Gasteiger partial charge in [-0.25, -0.2) is 0 Å². The van der Waals surface area contributed by atoms with Crippen LogP contribution < -0.4 is 5.32 Å². The Morgan fingerprint density at radius 1 is 1.24 bits per heavy atom. The van der Waals surface area contributed by atoms with E-state index in [4.69, 9.17) is 5.11 Å². The second-order valence-corrected chi connectivity index (χ2v) is 4.54. The van der Waals surface area contributed by atoms with Crippen LogP contribution in [0.4, 0.5) is 0 Å². The minimum atomic E-state index is -0.725. The molecule has 1 aliphatic rings. The van der Waals surface area contributed by atoms with Crippen molar-refractivity contribution in [3.05, 3.63) is 12.2 Å². The summed E-state index contributed by atoms with van der Waals surface area (Å²) in [7, 11) is 0. The molecule has 0 aromatic carbocycles. The molecule has 1 rings (SSSR count). The van der Waals surface area contributed by atoms with Gasteiger partial charge in [0.15, 0.2) is 0 Å². The molecule has 0 atom stereocenters. The molecular weight excluding hydrogens is 218 g/mol. The van der Waals surface area contributed by atoms with Crippen LogP contribution in [0.1, 0.15) is 39.0 Å². The Kier molecular flexibility index (Phi) is 5.73. The lowest BCUT2D eigenvalue weighted by Crippen LogP contribution is -2.34. The van der Waals surface area contributed by atoms with Gasteiger partial charge in [-0.05, 0) is 39.0 Å². The lowest BCUT2D eigenvalue weighted by molar-refractivity contribution is -0.144. The fraction of sp³-hybridized carbons (Fsp3) is 0.692. The number of rotatable bonds is 5. The molecule has 1 amide bonds. The number of carboxylic acids is 1. The molecular formula is C13H21NO3. The quantitative estimate of drug-likeness (QED) is 0.569. The fourth-order valence-electron chi connectivity index (χ4n) is 2.19. The highest BCUT2D eigenvalue weighted by Gasteiger charge is 2.29. The molecule has 0 spiro atoms. The summed E-state index contributed by atoms with van der Waals surface area (Å²) in [5.74, 6) is -0.881. The molecule has 4 nitrogen and oxygen atoms in total. The van der Waals surface area contributed by atoms with Gasteiger partial charge >= 0.3 is 5.97 Å². The molecule has 0 aromatic rings. The number of allylic oxidation sites excluding steroid dienone is 1. The number of carbonyl (C=O) groups excluding carboxylic acids is 1. The molecule has 96 valence electrons. The summed E-state index contributed by atoms with van der Waals surface area (Å²) in [5.41, 5.74) is 0. The first kappa shape index (κ1) is 13.7. The summed E-state index contributed by atoms with van der Waals surface area (Å²) >= 11 is 0. The second kappa shape index (κ2) is 7.09. The van der Waals surface area contributed by atoms with E-state index in [2.05, 4.69) is 5.32 Å². The van der Waals surface area contributed by atoms with Crippen molar-refractivity contribution in [3.63, 3.8) is 0 Å². The van der Waals surface area contributed by atoms with Crippen LogP contribution in [0.25, 0.3) is 0 Å². The Bertz CT molecular complexity index is 291. The molecule has 4 heteroatoms. The molecule has 1 aliphatic carbocycles. The molecule has 0 bridgehead atoms. The Balaban J connectivity index is 2.23. The largest absolute Gasteiger partial charge is 0.481 e. The van der Waals surface area contributed by atoms with Crippen molar-refractivity contribution >= 4 is 11.9 Å². The molecule has 0 unspecified atom stereocenters. The summed E-state index contributed by atoms with van der Waals surface area (Å²) in [6, 6.07) is 0. The molecule has 1 fully saturated rings. The van der Waals surface area contributed by atoms with Gasteiger partial charge in [-0.15, -0.1) is 0 Å². The van der Waals surface area contributed by atoms with Crippen LogP contribution in [0, 0.1) is 11.8 Å². The smallest absolute Gasteiger partial charge is 0.306 e. The van der Waals surface area contributed by atoms with Crippen molar-refractivity contribution in [2.24, 2.45) is 11.8 Å². The first-order valence-corrected chi connectivity index (χ1v) is 6.26. The zero-order chi connectivity index (χ0) is 12.7. The molecule has 0 heterocycles. The topological polar surface area (TPSA) is 66.4 Å². The Morgan fingerprint density at radius 3 is 2.35 bits per heavy atom. The SMILES string of the molecule is C/C=C/CCNC(=O)C1CCC(C(=O)O)CC1. The van der Waals surface area contributed by atoms with E-state index in [1.807, 2.05) is 19.1 Å². The maximum Gasteiger partial charge on any atom is 0.306 e. The van der Waals surface area contributed by atoms with E-state index in [1.165, 1.54) is 0 Å². The molecule has 2 N–H and O–H groups in total. The van der Waals surface area contributed by atoms with Crippen LogP contribution in [-0.4, -0.2) is 23.5 Å². The fourth-order valence-corrected chi connectivity index (χ4v) is 2.19. The van der Waals surface area contributed by atoms with Crippen LogP contribution in [0.3, 0.4) is 0 Å². The van der Waals surface area contributed by atoms with E-state index in [0.29, 0.717) is 32.2 Å². The highest BCUT2D eigenvalue weighted by molar-refractivity contribution is 5.79. The minimum absolute atomic E-state index is 0.0104. The standard InChI is InChI=1S/C13H21NO3/c1-2-3-4-9-14-12(15)10-5-7-11(8-6-10)13(16)17/h2-3,10-11H,4-9H2,1H3,(H,14,15)(H,16,17)/b3-2+. The monoisotopic (exact) mass is 239 g/mol. The van der Waals surface area contributed by atoms with Crippen molar-refractivity contribution in [1.29, 1.82) is 0 Å². The second-order valence-electron chi connectivity index (χ2n) is 4.54. The van der Waals surface area contributed by atoms with E-state index in [-0.39, 0.29) is 17.7 Å². The third-order valence-electron chi connectivity index (χ3n) is 3.29.